The Labute approximate surface area is 176 Å². The average molecular weight is 436 g/mol. The molecule has 0 fully saturated rings. The van der Waals surface area contributed by atoms with E-state index in [-0.39, 0.29) is 10.9 Å². The van der Waals surface area contributed by atoms with E-state index in [1.54, 1.807) is 43.5 Å². The predicted octanol–water partition coefficient (Wildman–Crippen LogP) is 4.89. The minimum absolute atomic E-state index is 0.0821. The van der Waals surface area contributed by atoms with Crippen LogP contribution in [0.5, 0.6) is 5.75 Å². The van der Waals surface area contributed by atoms with Crippen LogP contribution in [-0.2, 0) is 0 Å². The molecule has 9 heteroatoms. The third kappa shape index (κ3) is 4.75. The van der Waals surface area contributed by atoms with Crippen LogP contribution in [0.3, 0.4) is 0 Å². The number of hydrogen-bond donors (Lipinski definition) is 3. The Morgan fingerprint density at radius 2 is 1.86 bits per heavy atom. The zero-order valence-corrected chi connectivity index (χ0v) is 16.9. The number of halogens is 2. The van der Waals surface area contributed by atoms with E-state index < -0.39 is 5.91 Å². The van der Waals surface area contributed by atoms with Crippen molar-refractivity contribution in [2.75, 3.05) is 12.4 Å². The van der Waals surface area contributed by atoms with Crippen molar-refractivity contribution in [3.05, 3.63) is 70.4 Å². The summed E-state index contributed by atoms with van der Waals surface area (Å²) in [6.07, 6.45) is 0. The summed E-state index contributed by atoms with van der Waals surface area (Å²) in [5.74, 6) is 0.617. The van der Waals surface area contributed by atoms with Crippen molar-refractivity contribution in [3.8, 4) is 17.1 Å². The minimum Gasteiger partial charge on any atom is -0.495 e. The van der Waals surface area contributed by atoms with Gasteiger partial charge < -0.3 is 14.5 Å². The summed E-state index contributed by atoms with van der Waals surface area (Å²) < 4.78 is 10.8. The highest BCUT2D eigenvalue weighted by Crippen LogP contribution is 2.31. The van der Waals surface area contributed by atoms with E-state index in [4.69, 9.17) is 44.6 Å². The van der Waals surface area contributed by atoms with Crippen molar-refractivity contribution in [2.24, 2.45) is 0 Å². The number of rotatable bonds is 4. The van der Waals surface area contributed by atoms with Crippen molar-refractivity contribution in [1.82, 2.24) is 10.9 Å². The van der Waals surface area contributed by atoms with Gasteiger partial charge in [0.15, 0.2) is 10.9 Å². The van der Waals surface area contributed by atoms with Gasteiger partial charge in [0.05, 0.1) is 17.8 Å². The summed E-state index contributed by atoms with van der Waals surface area (Å²) in [5.41, 5.74) is 6.32. The van der Waals surface area contributed by atoms with E-state index >= 15 is 0 Å². The van der Waals surface area contributed by atoms with Crippen LogP contribution >= 0.6 is 35.4 Å². The summed E-state index contributed by atoms with van der Waals surface area (Å²) in [6.45, 7) is 0. The Bertz CT molecular complexity index is 1020. The lowest BCUT2D eigenvalue weighted by Gasteiger charge is -2.13. The van der Waals surface area contributed by atoms with Crippen molar-refractivity contribution in [2.45, 2.75) is 0 Å². The molecule has 0 saturated heterocycles. The van der Waals surface area contributed by atoms with Crippen LogP contribution in [0.4, 0.5) is 5.69 Å². The van der Waals surface area contributed by atoms with Crippen LogP contribution in [0.1, 0.15) is 10.6 Å². The standard InChI is InChI=1S/C19H15Cl2N3O3S/c1-26-16-5-3-2-4-14(16)22-19(28)24-23-18(25)17-9-8-15(27-17)12-10-11(20)6-7-13(12)21/h2-10H,1H3,(H,23,25)(H2,22,24,28). The predicted molar refractivity (Wildman–Crippen MR) is 114 cm³/mol. The topological polar surface area (TPSA) is 75.5 Å². The Morgan fingerprint density at radius 1 is 1.07 bits per heavy atom. The van der Waals surface area contributed by atoms with Gasteiger partial charge in [0, 0.05) is 10.6 Å². The van der Waals surface area contributed by atoms with Gasteiger partial charge in [-0.3, -0.25) is 15.6 Å². The summed E-state index contributed by atoms with van der Waals surface area (Å²) in [4.78, 5) is 12.3. The molecule has 0 radical (unpaired) electrons. The van der Waals surface area contributed by atoms with E-state index in [0.29, 0.717) is 32.8 Å². The van der Waals surface area contributed by atoms with Crippen LogP contribution in [0, 0.1) is 0 Å². The van der Waals surface area contributed by atoms with Gasteiger partial charge in [-0.1, -0.05) is 35.3 Å². The first-order chi connectivity index (χ1) is 13.5. The van der Waals surface area contributed by atoms with Gasteiger partial charge in [-0.2, -0.15) is 0 Å². The van der Waals surface area contributed by atoms with Gasteiger partial charge in [0.1, 0.15) is 11.5 Å². The molecule has 6 nitrogen and oxygen atoms in total. The zero-order valence-electron chi connectivity index (χ0n) is 14.6. The Morgan fingerprint density at radius 3 is 2.64 bits per heavy atom. The van der Waals surface area contributed by atoms with E-state index in [2.05, 4.69) is 16.2 Å². The van der Waals surface area contributed by atoms with Crippen LogP contribution < -0.4 is 20.9 Å². The van der Waals surface area contributed by atoms with E-state index in [9.17, 15) is 4.79 Å². The first-order valence-corrected chi connectivity index (χ1v) is 9.20. The largest absolute Gasteiger partial charge is 0.495 e. The second kappa shape index (κ2) is 8.97. The molecular formula is C19H15Cl2N3O3S. The molecule has 0 aliphatic rings. The van der Waals surface area contributed by atoms with Gasteiger partial charge >= 0.3 is 5.91 Å². The number of anilines is 1. The van der Waals surface area contributed by atoms with Crippen LogP contribution in [0.2, 0.25) is 10.0 Å². The van der Waals surface area contributed by atoms with E-state index in [1.165, 1.54) is 6.07 Å². The molecule has 2 aromatic carbocycles. The summed E-state index contributed by atoms with van der Waals surface area (Å²) in [7, 11) is 1.55. The third-order valence-corrected chi connectivity index (χ3v) is 4.44. The number of thiocarbonyl (C=S) groups is 1. The van der Waals surface area contributed by atoms with Gasteiger partial charge in [-0.15, -0.1) is 0 Å². The summed E-state index contributed by atoms with van der Waals surface area (Å²) in [5, 5.41) is 4.09. The molecule has 1 aromatic heterocycles. The molecule has 1 amide bonds. The number of hydrogen-bond acceptors (Lipinski definition) is 4. The lowest BCUT2D eigenvalue weighted by Crippen LogP contribution is -2.43. The molecule has 0 saturated carbocycles. The van der Waals surface area contributed by atoms with Crippen molar-refractivity contribution >= 4 is 52.1 Å². The average Bonchev–Trinajstić information content (AvgIpc) is 3.18. The molecule has 144 valence electrons. The minimum atomic E-state index is -0.506. The number of methoxy groups -OCH3 is 1. The number of ether oxygens (including phenoxy) is 1. The molecule has 0 unspecified atom stereocenters. The number of furan rings is 1. The molecule has 0 spiro atoms. The molecule has 3 rings (SSSR count). The zero-order chi connectivity index (χ0) is 20.1. The molecule has 3 N–H and O–H groups in total. The number of para-hydroxylation sites is 2. The fraction of sp³-hybridized carbons (Fsp3) is 0.0526. The van der Waals surface area contributed by atoms with Crippen LogP contribution in [0.15, 0.2) is 59.0 Å². The van der Waals surface area contributed by atoms with Crippen molar-refractivity contribution in [3.63, 3.8) is 0 Å². The number of nitrogens with one attached hydrogen (secondary N) is 3. The fourth-order valence-electron chi connectivity index (χ4n) is 2.37. The van der Waals surface area contributed by atoms with Gasteiger partial charge in [0.25, 0.3) is 0 Å². The number of carbonyl (C=O) groups is 1. The first kappa shape index (κ1) is 20.0. The normalized spacial score (nSPS) is 10.2. The molecule has 28 heavy (non-hydrogen) atoms. The third-order valence-electron chi connectivity index (χ3n) is 3.67. The highest BCUT2D eigenvalue weighted by atomic mass is 35.5. The monoisotopic (exact) mass is 435 g/mol. The van der Waals surface area contributed by atoms with Crippen molar-refractivity contribution in [1.29, 1.82) is 0 Å². The smallest absolute Gasteiger partial charge is 0.305 e. The van der Waals surface area contributed by atoms with E-state index in [1.807, 2.05) is 12.1 Å². The SMILES string of the molecule is COc1ccccc1NC(=S)NNC(=O)c1ccc(-c2cc(Cl)ccc2Cl)o1. The molecule has 0 bridgehead atoms. The number of amides is 1. The Balaban J connectivity index is 1.62. The van der Waals surface area contributed by atoms with Gasteiger partial charge in [0.2, 0.25) is 0 Å². The quantitative estimate of drug-likeness (QED) is 0.399. The second-order valence-electron chi connectivity index (χ2n) is 5.52. The molecule has 0 aliphatic carbocycles. The maximum absolute atomic E-state index is 12.3. The number of hydrazine groups is 1. The lowest BCUT2D eigenvalue weighted by molar-refractivity contribution is 0.0917. The highest BCUT2D eigenvalue weighted by Gasteiger charge is 2.15. The molecule has 0 atom stereocenters. The molecule has 3 aromatic rings. The van der Waals surface area contributed by atoms with Crippen LogP contribution in [0.25, 0.3) is 11.3 Å². The van der Waals surface area contributed by atoms with E-state index in [0.717, 1.165) is 0 Å². The number of carbonyl (C=O) groups excluding carboxylic acids is 1. The molecule has 0 aliphatic heterocycles. The highest BCUT2D eigenvalue weighted by molar-refractivity contribution is 7.80. The van der Waals surface area contributed by atoms with Gasteiger partial charge in [-0.05, 0) is 54.7 Å². The van der Waals surface area contributed by atoms with Gasteiger partial charge in [-0.25, -0.2) is 0 Å². The molecular weight excluding hydrogens is 421 g/mol. The lowest BCUT2D eigenvalue weighted by atomic mass is 10.2. The second-order valence-corrected chi connectivity index (χ2v) is 6.77. The van der Waals surface area contributed by atoms with Crippen LogP contribution in [-0.4, -0.2) is 18.1 Å². The fourth-order valence-corrected chi connectivity index (χ4v) is 2.91. The summed E-state index contributed by atoms with van der Waals surface area (Å²) >= 11 is 17.3. The molecule has 1 heterocycles. The maximum atomic E-state index is 12.3. The Hall–Kier alpha value is -2.74. The summed E-state index contributed by atoms with van der Waals surface area (Å²) in [6, 6.07) is 15.4. The maximum Gasteiger partial charge on any atom is 0.305 e. The van der Waals surface area contributed by atoms with Crippen molar-refractivity contribution < 1.29 is 13.9 Å². The Kier molecular flexibility index (Phi) is 6.41. The first-order valence-electron chi connectivity index (χ1n) is 8.03. The number of benzene rings is 2.